The molecule has 0 saturated carbocycles. The van der Waals surface area contributed by atoms with E-state index in [4.69, 9.17) is 19.4 Å². The highest BCUT2D eigenvalue weighted by atomic mass is 31.2. The van der Waals surface area contributed by atoms with E-state index in [0.29, 0.717) is 0 Å². The quantitative estimate of drug-likeness (QED) is 0.577. The Bertz CT molecular complexity index is 1090. The summed E-state index contributed by atoms with van der Waals surface area (Å²) in [5, 5.41) is 0. The predicted octanol–water partition coefficient (Wildman–Crippen LogP) is -0.0512. The molecule has 0 radical (unpaired) electrons. The van der Waals surface area contributed by atoms with Crippen molar-refractivity contribution in [3.63, 3.8) is 0 Å². The fourth-order valence-electron chi connectivity index (χ4n) is 1.03. The fraction of sp³-hybridized carbons (Fsp3) is 0.444. The van der Waals surface area contributed by atoms with Gasteiger partial charge in [0.05, 0.1) is 25.7 Å². The molecule has 2 aromatic heterocycles. The van der Waals surface area contributed by atoms with E-state index in [1.807, 2.05) is 0 Å². The SMILES string of the molecule is [2H]OP(=O)(O[2H])C([2H])([2H])O[C@]([2H])(C([2H])([2H])[2H])C([2H])([2H])n1c([2H])nc2c(N([2H])[2H])nc([2H])nc21. The maximum atomic E-state index is 12.2. The van der Waals surface area contributed by atoms with Gasteiger partial charge in [-0.3, -0.25) is 4.57 Å². The van der Waals surface area contributed by atoms with Crippen molar-refractivity contribution in [1.82, 2.24) is 19.5 Å². The summed E-state index contributed by atoms with van der Waals surface area (Å²) in [5.41, 5.74) is -1.59. The fourth-order valence-corrected chi connectivity index (χ4v) is 1.24. The van der Waals surface area contributed by atoms with Crippen LogP contribution in [0.4, 0.5) is 5.82 Å². The maximum absolute atomic E-state index is 12.2. The van der Waals surface area contributed by atoms with E-state index in [1.54, 1.807) is 0 Å². The molecule has 19 heavy (non-hydrogen) atoms. The molecule has 0 aliphatic rings. The summed E-state index contributed by atoms with van der Waals surface area (Å²) in [4.78, 5) is 17.5. The number of anilines is 1. The van der Waals surface area contributed by atoms with Gasteiger partial charge in [-0.25, -0.2) is 15.0 Å². The molecule has 0 aliphatic heterocycles. The van der Waals surface area contributed by atoms with Crippen molar-refractivity contribution in [2.45, 2.75) is 19.4 Å². The predicted molar refractivity (Wildman–Crippen MR) is 67.2 cm³/mol. The second-order valence-corrected chi connectivity index (χ2v) is 4.18. The second-order valence-electron chi connectivity index (χ2n) is 3.00. The first-order valence-corrected chi connectivity index (χ1v) is 5.96. The minimum absolute atomic E-state index is 0.0124. The lowest BCUT2D eigenvalue weighted by Crippen LogP contribution is -2.17. The van der Waals surface area contributed by atoms with Crippen molar-refractivity contribution in [2.24, 2.45) is 0 Å². The Balaban J connectivity index is 2.86. The van der Waals surface area contributed by atoms with E-state index in [2.05, 4.69) is 29.5 Å². The number of nitrogens with zero attached hydrogens (tertiary/aromatic N) is 4. The lowest BCUT2D eigenvalue weighted by atomic mass is 10.4. The first kappa shape index (κ1) is 4.49. The zero-order valence-corrected chi connectivity index (χ0v) is 9.71. The Morgan fingerprint density at radius 3 is 3.47 bits per heavy atom. The van der Waals surface area contributed by atoms with Crippen molar-refractivity contribution in [1.29, 1.82) is 2.86 Å². The molecule has 104 valence electrons. The van der Waals surface area contributed by atoms with Gasteiger partial charge in [0.25, 0.3) is 0 Å². The minimum Gasteiger partial charge on any atom is -0.382 e. The van der Waals surface area contributed by atoms with Crippen molar-refractivity contribution in [3.8, 4) is 0 Å². The first-order valence-electron chi connectivity index (χ1n) is 11.1. The van der Waals surface area contributed by atoms with Crippen LogP contribution in [0.1, 0.15) is 20.6 Å². The molecule has 4 N–H and O–H groups in total. The highest BCUT2D eigenvalue weighted by Gasteiger charge is 2.16. The average Bonchev–Trinajstić information content (AvgIpc) is 3.00. The van der Waals surface area contributed by atoms with Crippen LogP contribution in [0, 0.1) is 0 Å². The molecule has 0 spiro atoms. The Kier molecular flexibility index (Phi) is 1.23. The van der Waals surface area contributed by atoms with Gasteiger partial charge in [0.1, 0.15) is 20.9 Å². The summed E-state index contributed by atoms with van der Waals surface area (Å²) in [6, 6.07) is 0. The average molecular weight is 301 g/mol. The van der Waals surface area contributed by atoms with Crippen LogP contribution in [0.3, 0.4) is 0 Å². The second kappa shape index (κ2) is 5.22. The topological polar surface area (TPSA) is 136 Å². The van der Waals surface area contributed by atoms with Crippen LogP contribution in [0.25, 0.3) is 11.2 Å². The number of imidazole rings is 1. The molecule has 1 atom stereocenters. The molecule has 0 unspecified atom stereocenters. The van der Waals surface area contributed by atoms with E-state index < -0.39 is 62.9 Å². The molecule has 9 nitrogen and oxygen atoms in total. The van der Waals surface area contributed by atoms with Gasteiger partial charge in [0.15, 0.2) is 14.3 Å². The van der Waals surface area contributed by atoms with E-state index in [9.17, 15) is 4.57 Å². The number of nitrogen functional groups attached to an aromatic ring is 1. The molecule has 0 aliphatic carbocycles. The molecule has 2 heterocycles. The third-order valence-electron chi connectivity index (χ3n) is 1.68. The molecule has 2 rings (SSSR count). The van der Waals surface area contributed by atoms with Gasteiger partial charge in [0.2, 0.25) is 2.86 Å². The van der Waals surface area contributed by atoms with E-state index in [-0.39, 0.29) is 10.3 Å². The third-order valence-corrected chi connectivity index (χ3v) is 2.00. The van der Waals surface area contributed by atoms with Gasteiger partial charge in [-0.05, 0) is 6.85 Å². The highest BCUT2D eigenvalue weighted by molar-refractivity contribution is 7.51. The van der Waals surface area contributed by atoms with Gasteiger partial charge in [0, 0.05) is 4.11 Å². The van der Waals surface area contributed by atoms with Gasteiger partial charge in [-0.1, -0.05) is 0 Å². The number of nitrogens with two attached hydrogens (primary N) is 1. The van der Waals surface area contributed by atoms with Crippen molar-refractivity contribution in [3.05, 3.63) is 12.6 Å². The molecular weight excluding hydrogens is 273 g/mol. The van der Waals surface area contributed by atoms with Gasteiger partial charge in [-0.2, -0.15) is 0 Å². The zero-order valence-electron chi connectivity index (χ0n) is 22.8. The van der Waals surface area contributed by atoms with Crippen LogP contribution in [-0.2, 0) is 15.8 Å². The number of hydrogen-bond donors (Lipinski definition) is 3. The van der Waals surface area contributed by atoms with Crippen LogP contribution in [-0.4, -0.2) is 44.6 Å². The highest BCUT2D eigenvalue weighted by Crippen LogP contribution is 2.34. The summed E-state index contributed by atoms with van der Waals surface area (Å²) in [6.45, 7) is -7.75. The van der Waals surface area contributed by atoms with E-state index in [0.717, 1.165) is 0 Å². The number of rotatable bonds is 8. The number of fused-ring (bicyclic) bond motifs is 1. The monoisotopic (exact) mass is 301 g/mol. The Labute approximate surface area is 128 Å². The Morgan fingerprint density at radius 2 is 2.74 bits per heavy atom. The summed E-state index contributed by atoms with van der Waals surface area (Å²) in [5.74, 6) is -0.705. The largest absolute Gasteiger partial charge is 0.382 e. The van der Waals surface area contributed by atoms with Crippen LogP contribution < -0.4 is 5.72 Å². The molecule has 0 saturated heterocycles. The molecule has 0 amide bonds. The van der Waals surface area contributed by atoms with Gasteiger partial charge < -0.3 is 24.8 Å². The molecule has 2 aromatic rings. The minimum atomic E-state index is -5.56. The maximum Gasteiger partial charge on any atom is 0.350 e. The summed E-state index contributed by atoms with van der Waals surface area (Å²) in [6.07, 6.45) is -10.2. The molecule has 0 bridgehead atoms. The van der Waals surface area contributed by atoms with E-state index in [1.165, 1.54) is 0 Å². The van der Waals surface area contributed by atoms with Crippen LogP contribution in [0.15, 0.2) is 12.6 Å². The summed E-state index contributed by atoms with van der Waals surface area (Å²) < 4.78 is 123. The standard InChI is InChI=1S/C9H14N5O4P/c1-6(18-5-19(15,16)17)2-14-4-13-7-8(10)11-3-12-9(7)14/h3-4,6H,2,5H2,1H3,(H2,10,11,12)(H2,15,16,17)/t6-/m1/s1/i1D3,2D2,3D,4D,5D2,6D/hD4. The summed E-state index contributed by atoms with van der Waals surface area (Å²) in [7, 11) is -5.56. The lowest BCUT2D eigenvalue weighted by Gasteiger charge is -2.14. The molecule has 0 fully saturated rings. The zero-order chi connectivity index (χ0) is 25.8. The summed E-state index contributed by atoms with van der Waals surface area (Å²) >= 11 is 0. The third kappa shape index (κ3) is 3.48. The smallest absolute Gasteiger partial charge is 0.350 e. The Hall–Kier alpha value is -1.54. The van der Waals surface area contributed by atoms with Crippen LogP contribution in [0.5, 0.6) is 0 Å². The molecule has 10 heteroatoms. The van der Waals surface area contributed by atoms with Crippen molar-refractivity contribution < 1.29 is 35.6 Å². The van der Waals surface area contributed by atoms with Gasteiger partial charge >= 0.3 is 7.60 Å². The van der Waals surface area contributed by atoms with Crippen molar-refractivity contribution in [2.75, 3.05) is 12.0 Å². The van der Waals surface area contributed by atoms with E-state index >= 15 is 0 Å². The number of hydrogen-bond acceptors (Lipinski definition) is 8. The van der Waals surface area contributed by atoms with Crippen LogP contribution >= 0.6 is 7.60 Å². The van der Waals surface area contributed by atoms with Gasteiger partial charge in [-0.15, -0.1) is 0 Å². The van der Waals surface area contributed by atoms with Crippen molar-refractivity contribution >= 4 is 24.6 Å². The molecule has 0 aromatic carbocycles. The number of ether oxygens (including phenoxy) is 1. The van der Waals surface area contributed by atoms with Crippen LogP contribution in [0.2, 0.25) is 2.82 Å². The normalized spacial score (nSPS) is 28.0. The molecular formula is C9H14N5O4P. The Morgan fingerprint density at radius 1 is 1.84 bits per heavy atom. The lowest BCUT2D eigenvalue weighted by molar-refractivity contribution is 0.0764. The first-order chi connectivity index (χ1) is 14.8. The number of aromatic nitrogens is 4.